The molecule has 2 rings (SSSR count). The molecule has 0 spiro atoms. The molecule has 0 amide bonds. The summed E-state index contributed by atoms with van der Waals surface area (Å²) in [5.41, 5.74) is 3.70. The molecular weight excluding hydrogens is 254 g/mol. The Morgan fingerprint density at radius 1 is 1.40 bits per heavy atom. The van der Waals surface area contributed by atoms with Gasteiger partial charge in [-0.25, -0.2) is 0 Å². The van der Waals surface area contributed by atoms with E-state index in [1.54, 1.807) is 0 Å². The molecule has 1 unspecified atom stereocenters. The molecule has 1 aromatic carbocycles. The summed E-state index contributed by atoms with van der Waals surface area (Å²) in [7, 11) is 1.43. The van der Waals surface area contributed by atoms with E-state index >= 15 is 0 Å². The molecule has 1 heterocycles. The number of anilines is 1. The average Bonchev–Trinajstić information content (AvgIpc) is 2.48. The molecule has 1 fully saturated rings. The predicted molar refractivity (Wildman–Crippen MR) is 79.3 cm³/mol. The minimum atomic E-state index is -0.161. The SMILES string of the molecule is COC(=O)CC(C)c1ccc(C)c(N2CCOCC2)c1. The van der Waals surface area contributed by atoms with Crippen molar-refractivity contribution in [3.05, 3.63) is 29.3 Å². The van der Waals surface area contributed by atoms with Crippen molar-refractivity contribution in [3.8, 4) is 0 Å². The molecule has 0 radical (unpaired) electrons. The largest absolute Gasteiger partial charge is 0.469 e. The van der Waals surface area contributed by atoms with Crippen LogP contribution in [0.25, 0.3) is 0 Å². The van der Waals surface area contributed by atoms with E-state index in [9.17, 15) is 4.79 Å². The van der Waals surface area contributed by atoms with E-state index in [0.29, 0.717) is 6.42 Å². The van der Waals surface area contributed by atoms with E-state index in [2.05, 4.69) is 36.9 Å². The lowest BCUT2D eigenvalue weighted by Gasteiger charge is -2.31. The van der Waals surface area contributed by atoms with Gasteiger partial charge in [-0.15, -0.1) is 0 Å². The highest BCUT2D eigenvalue weighted by Crippen LogP contribution is 2.28. The van der Waals surface area contributed by atoms with Gasteiger partial charge in [0.15, 0.2) is 0 Å². The number of carbonyl (C=O) groups is 1. The number of carbonyl (C=O) groups excluding carboxylic acids is 1. The molecule has 0 aliphatic carbocycles. The lowest BCUT2D eigenvalue weighted by molar-refractivity contribution is -0.140. The first-order valence-electron chi connectivity index (χ1n) is 7.12. The Kier molecular flexibility index (Phi) is 5.01. The summed E-state index contributed by atoms with van der Waals surface area (Å²) in [6, 6.07) is 6.44. The normalized spacial score (nSPS) is 16.9. The fraction of sp³-hybridized carbons (Fsp3) is 0.562. The standard InChI is InChI=1S/C16H23NO3/c1-12-4-5-14(13(2)10-16(18)19-3)11-15(12)17-6-8-20-9-7-17/h4-5,11,13H,6-10H2,1-3H3. The Morgan fingerprint density at radius 3 is 2.75 bits per heavy atom. The lowest BCUT2D eigenvalue weighted by atomic mass is 9.95. The van der Waals surface area contributed by atoms with Gasteiger partial charge in [-0.1, -0.05) is 19.1 Å². The first-order chi connectivity index (χ1) is 9.61. The fourth-order valence-electron chi connectivity index (χ4n) is 2.53. The average molecular weight is 277 g/mol. The zero-order chi connectivity index (χ0) is 14.5. The van der Waals surface area contributed by atoms with Crippen LogP contribution in [-0.4, -0.2) is 39.4 Å². The van der Waals surface area contributed by atoms with Crippen LogP contribution in [-0.2, 0) is 14.3 Å². The summed E-state index contributed by atoms with van der Waals surface area (Å²) < 4.78 is 10.1. The van der Waals surface area contributed by atoms with Gasteiger partial charge in [0.05, 0.1) is 26.7 Å². The van der Waals surface area contributed by atoms with Gasteiger partial charge in [0.2, 0.25) is 0 Å². The predicted octanol–water partition coefficient (Wildman–Crippen LogP) is 2.50. The number of aryl methyl sites for hydroxylation is 1. The van der Waals surface area contributed by atoms with Gasteiger partial charge >= 0.3 is 5.97 Å². The molecule has 1 saturated heterocycles. The van der Waals surface area contributed by atoms with E-state index in [1.165, 1.54) is 23.9 Å². The summed E-state index contributed by atoms with van der Waals surface area (Å²) in [4.78, 5) is 13.8. The molecule has 0 N–H and O–H groups in total. The molecular formula is C16H23NO3. The molecule has 4 heteroatoms. The van der Waals surface area contributed by atoms with Crippen molar-refractivity contribution in [3.63, 3.8) is 0 Å². The van der Waals surface area contributed by atoms with Crippen LogP contribution < -0.4 is 4.90 Å². The summed E-state index contributed by atoms with van der Waals surface area (Å²) in [5, 5.41) is 0. The molecule has 0 aromatic heterocycles. The van der Waals surface area contributed by atoms with E-state index in [0.717, 1.165) is 26.3 Å². The minimum Gasteiger partial charge on any atom is -0.469 e. The van der Waals surface area contributed by atoms with Crippen LogP contribution in [0, 0.1) is 6.92 Å². The Labute approximate surface area is 120 Å². The van der Waals surface area contributed by atoms with Crippen LogP contribution in [0.4, 0.5) is 5.69 Å². The van der Waals surface area contributed by atoms with Gasteiger partial charge in [0.25, 0.3) is 0 Å². The Balaban J connectivity index is 2.16. The molecule has 1 aromatic rings. The molecule has 0 bridgehead atoms. The Morgan fingerprint density at radius 2 is 2.10 bits per heavy atom. The number of morpholine rings is 1. The Hall–Kier alpha value is -1.55. The van der Waals surface area contributed by atoms with Crippen molar-refractivity contribution in [1.82, 2.24) is 0 Å². The summed E-state index contributed by atoms with van der Waals surface area (Å²) in [5.74, 6) is 0.00818. The molecule has 20 heavy (non-hydrogen) atoms. The van der Waals surface area contributed by atoms with Crippen LogP contribution in [0.1, 0.15) is 30.4 Å². The molecule has 0 saturated carbocycles. The quantitative estimate of drug-likeness (QED) is 0.793. The molecule has 1 aliphatic heterocycles. The number of hydrogen-bond acceptors (Lipinski definition) is 4. The summed E-state index contributed by atoms with van der Waals surface area (Å²) in [6.07, 6.45) is 0.419. The van der Waals surface area contributed by atoms with Crippen LogP contribution in [0.15, 0.2) is 18.2 Å². The van der Waals surface area contributed by atoms with Crippen LogP contribution >= 0.6 is 0 Å². The minimum absolute atomic E-state index is 0.161. The third-order valence-electron chi connectivity index (χ3n) is 3.85. The first kappa shape index (κ1) is 14.9. The van der Waals surface area contributed by atoms with Crippen molar-refractivity contribution < 1.29 is 14.3 Å². The number of esters is 1. The van der Waals surface area contributed by atoms with Gasteiger partial charge in [-0.05, 0) is 30.0 Å². The number of nitrogens with zero attached hydrogens (tertiary/aromatic N) is 1. The third-order valence-corrected chi connectivity index (χ3v) is 3.85. The van der Waals surface area contributed by atoms with E-state index in [4.69, 9.17) is 9.47 Å². The van der Waals surface area contributed by atoms with Gasteiger partial charge in [0.1, 0.15) is 0 Å². The topological polar surface area (TPSA) is 38.8 Å². The zero-order valence-electron chi connectivity index (χ0n) is 12.5. The number of methoxy groups -OCH3 is 1. The van der Waals surface area contributed by atoms with Crippen molar-refractivity contribution in [2.75, 3.05) is 38.3 Å². The zero-order valence-corrected chi connectivity index (χ0v) is 12.5. The van der Waals surface area contributed by atoms with Crippen molar-refractivity contribution in [2.45, 2.75) is 26.2 Å². The fourth-order valence-corrected chi connectivity index (χ4v) is 2.53. The lowest BCUT2D eigenvalue weighted by Crippen LogP contribution is -2.36. The number of benzene rings is 1. The van der Waals surface area contributed by atoms with Crippen LogP contribution in [0.2, 0.25) is 0 Å². The van der Waals surface area contributed by atoms with Gasteiger partial charge in [0, 0.05) is 18.8 Å². The van der Waals surface area contributed by atoms with E-state index in [-0.39, 0.29) is 11.9 Å². The van der Waals surface area contributed by atoms with Gasteiger partial charge in [-0.2, -0.15) is 0 Å². The maximum Gasteiger partial charge on any atom is 0.306 e. The smallest absolute Gasteiger partial charge is 0.306 e. The number of ether oxygens (including phenoxy) is 2. The highest BCUT2D eigenvalue weighted by Gasteiger charge is 2.17. The highest BCUT2D eigenvalue weighted by molar-refractivity contribution is 5.70. The van der Waals surface area contributed by atoms with Crippen molar-refractivity contribution >= 4 is 11.7 Å². The summed E-state index contributed by atoms with van der Waals surface area (Å²) >= 11 is 0. The second-order valence-corrected chi connectivity index (χ2v) is 5.33. The maximum absolute atomic E-state index is 11.4. The Bertz CT molecular complexity index is 467. The molecule has 4 nitrogen and oxygen atoms in total. The van der Waals surface area contributed by atoms with E-state index in [1.807, 2.05) is 0 Å². The van der Waals surface area contributed by atoms with E-state index < -0.39 is 0 Å². The van der Waals surface area contributed by atoms with Crippen molar-refractivity contribution in [1.29, 1.82) is 0 Å². The van der Waals surface area contributed by atoms with Crippen LogP contribution in [0.5, 0.6) is 0 Å². The van der Waals surface area contributed by atoms with Crippen molar-refractivity contribution in [2.24, 2.45) is 0 Å². The van der Waals surface area contributed by atoms with Gasteiger partial charge in [-0.3, -0.25) is 4.79 Å². The second-order valence-electron chi connectivity index (χ2n) is 5.33. The van der Waals surface area contributed by atoms with Gasteiger partial charge < -0.3 is 14.4 Å². The monoisotopic (exact) mass is 277 g/mol. The summed E-state index contributed by atoms with van der Waals surface area (Å²) in [6.45, 7) is 7.60. The molecule has 1 atom stereocenters. The highest BCUT2D eigenvalue weighted by atomic mass is 16.5. The third kappa shape index (κ3) is 3.51. The number of rotatable bonds is 4. The molecule has 110 valence electrons. The first-order valence-corrected chi connectivity index (χ1v) is 7.12. The second kappa shape index (κ2) is 6.75. The molecule has 1 aliphatic rings. The van der Waals surface area contributed by atoms with Crippen LogP contribution in [0.3, 0.4) is 0 Å². The number of hydrogen-bond donors (Lipinski definition) is 0. The maximum atomic E-state index is 11.4.